The predicted molar refractivity (Wildman–Crippen MR) is 83.8 cm³/mol. The number of anilines is 1. The Morgan fingerprint density at radius 2 is 2.00 bits per heavy atom. The molecule has 0 saturated carbocycles. The predicted octanol–water partition coefficient (Wildman–Crippen LogP) is 2.66. The summed E-state index contributed by atoms with van der Waals surface area (Å²) in [4.78, 5) is 7.12. The summed E-state index contributed by atoms with van der Waals surface area (Å²) in [6.45, 7) is 2.83. The van der Waals surface area contributed by atoms with Gasteiger partial charge >= 0.3 is 0 Å². The van der Waals surface area contributed by atoms with Crippen molar-refractivity contribution in [1.82, 2.24) is 4.98 Å². The largest absolute Gasteiger partial charge is 0.338 e. The van der Waals surface area contributed by atoms with Crippen molar-refractivity contribution in [2.75, 3.05) is 31.6 Å². The monoisotopic (exact) mass is 278 g/mol. The van der Waals surface area contributed by atoms with E-state index in [1.807, 2.05) is 12.3 Å². The minimum absolute atomic E-state index is 0.320. The maximum Gasteiger partial charge on any atom is 0.206 e. The molecule has 1 saturated heterocycles. The Morgan fingerprint density at radius 3 is 2.90 bits per heavy atom. The van der Waals surface area contributed by atoms with Gasteiger partial charge in [-0.1, -0.05) is 30.3 Å². The lowest BCUT2D eigenvalue weighted by molar-refractivity contribution is -0.870. The minimum atomic E-state index is 0.320. The smallest absolute Gasteiger partial charge is 0.206 e. The lowest BCUT2D eigenvalue weighted by Crippen LogP contribution is -2.55. The molecule has 0 bridgehead atoms. The van der Waals surface area contributed by atoms with Crippen LogP contribution in [-0.4, -0.2) is 36.1 Å². The van der Waals surface area contributed by atoms with Gasteiger partial charge in [-0.2, -0.15) is 0 Å². The first-order valence-corrected chi connectivity index (χ1v) is 7.55. The van der Waals surface area contributed by atoms with Crippen LogP contribution in [0, 0.1) is 7.05 Å². The molecular formula is C18H20N3+. The maximum atomic E-state index is 6.40. The van der Waals surface area contributed by atoms with E-state index in [9.17, 15) is 0 Å². The third-order valence-electron chi connectivity index (χ3n) is 4.75. The highest BCUT2D eigenvalue weighted by atomic mass is 15.4. The zero-order chi connectivity index (χ0) is 14.4. The Labute approximate surface area is 126 Å². The first-order valence-electron chi connectivity index (χ1n) is 7.55. The lowest BCUT2D eigenvalue weighted by Gasteiger charge is -2.44. The molecule has 2 radical (unpaired) electrons. The molecule has 0 spiro atoms. The van der Waals surface area contributed by atoms with Crippen LogP contribution in [0.4, 0.5) is 5.82 Å². The van der Waals surface area contributed by atoms with Crippen LogP contribution in [0.15, 0.2) is 42.6 Å². The highest BCUT2D eigenvalue weighted by Gasteiger charge is 2.38. The van der Waals surface area contributed by atoms with Crippen LogP contribution in [0.2, 0.25) is 0 Å². The number of pyridine rings is 1. The fourth-order valence-electron chi connectivity index (χ4n) is 3.65. The van der Waals surface area contributed by atoms with E-state index in [0.29, 0.717) is 10.5 Å². The summed E-state index contributed by atoms with van der Waals surface area (Å²) in [5.74, 6) is 1.14. The molecule has 3 nitrogen and oxygen atoms in total. The van der Waals surface area contributed by atoms with Gasteiger partial charge in [0.1, 0.15) is 18.4 Å². The van der Waals surface area contributed by atoms with Crippen molar-refractivity contribution in [2.24, 2.45) is 0 Å². The van der Waals surface area contributed by atoms with Gasteiger partial charge in [-0.25, -0.2) is 4.98 Å². The highest BCUT2D eigenvalue weighted by molar-refractivity contribution is 5.55. The standard InChI is InChI=1S/C18H20N3/c1-21(2)11-10-20-17(13-21)16-8-4-3-6-14(16)12-15-7-5-9-19-18(15)20/h1,3-9,17H,10-13H2,2H3/q+1. The first-order chi connectivity index (χ1) is 10.1. The van der Waals surface area contributed by atoms with Gasteiger partial charge in [0, 0.05) is 12.6 Å². The minimum Gasteiger partial charge on any atom is -0.338 e. The Kier molecular flexibility index (Phi) is 2.79. The molecule has 3 heterocycles. The maximum absolute atomic E-state index is 6.40. The zero-order valence-electron chi connectivity index (χ0n) is 12.4. The fraction of sp³-hybridized carbons (Fsp3) is 0.333. The third-order valence-corrected chi connectivity index (χ3v) is 4.75. The Bertz CT molecular complexity index is 678. The number of hydrogen-bond acceptors (Lipinski definition) is 2. The van der Waals surface area contributed by atoms with Crippen LogP contribution < -0.4 is 4.90 Å². The number of aromatic nitrogens is 1. The van der Waals surface area contributed by atoms with Gasteiger partial charge in [0.05, 0.1) is 20.1 Å². The number of nitrogens with zero attached hydrogens (tertiary/aromatic N) is 3. The average molecular weight is 278 g/mol. The summed E-state index contributed by atoms with van der Waals surface area (Å²) >= 11 is 0. The molecule has 1 aromatic carbocycles. The summed E-state index contributed by atoms with van der Waals surface area (Å²) in [5.41, 5.74) is 4.13. The third kappa shape index (κ3) is 2.12. The van der Waals surface area contributed by atoms with Crippen molar-refractivity contribution in [2.45, 2.75) is 12.5 Å². The Balaban J connectivity index is 1.90. The number of hydrogen-bond donors (Lipinski definition) is 0. The summed E-state index contributed by atoms with van der Waals surface area (Å²) in [6, 6.07) is 13.3. The number of likely N-dealkylation sites (N-methyl/N-ethyl adjacent to an activating group) is 1. The SMILES string of the molecule is [CH][N+]1(C)CCN2c3ncccc3Cc3ccccc3C2C1. The van der Waals surface area contributed by atoms with Crippen molar-refractivity contribution >= 4 is 5.82 Å². The summed E-state index contributed by atoms with van der Waals surface area (Å²) in [5, 5.41) is 0. The summed E-state index contributed by atoms with van der Waals surface area (Å²) in [7, 11) is 8.52. The van der Waals surface area contributed by atoms with Crippen LogP contribution in [0.1, 0.15) is 22.7 Å². The van der Waals surface area contributed by atoms with Gasteiger partial charge in [-0.05, 0) is 22.8 Å². The fourth-order valence-corrected chi connectivity index (χ4v) is 3.65. The van der Waals surface area contributed by atoms with Crippen molar-refractivity contribution in [3.63, 3.8) is 0 Å². The average Bonchev–Trinajstić information content (AvgIpc) is 2.60. The van der Waals surface area contributed by atoms with Crippen LogP contribution in [0.25, 0.3) is 0 Å². The summed E-state index contributed by atoms with van der Waals surface area (Å²) in [6.07, 6.45) is 2.86. The molecule has 4 rings (SSSR count). The normalized spacial score (nSPS) is 22.8. The molecule has 106 valence electrons. The molecule has 3 heteroatoms. The van der Waals surface area contributed by atoms with Crippen molar-refractivity contribution < 1.29 is 4.48 Å². The number of piperazine rings is 1. The molecule has 2 aliphatic rings. The van der Waals surface area contributed by atoms with Crippen LogP contribution >= 0.6 is 0 Å². The second-order valence-electron chi connectivity index (χ2n) is 6.46. The molecule has 0 amide bonds. The second kappa shape index (κ2) is 4.57. The molecule has 2 aliphatic heterocycles. The highest BCUT2D eigenvalue weighted by Crippen LogP contribution is 2.38. The van der Waals surface area contributed by atoms with E-state index in [1.165, 1.54) is 16.7 Å². The van der Waals surface area contributed by atoms with E-state index in [2.05, 4.69) is 47.3 Å². The molecule has 1 aromatic heterocycles. The van der Waals surface area contributed by atoms with E-state index in [4.69, 9.17) is 7.05 Å². The lowest BCUT2D eigenvalue weighted by atomic mass is 9.95. The van der Waals surface area contributed by atoms with Crippen LogP contribution in [0.5, 0.6) is 0 Å². The molecule has 2 aromatic rings. The van der Waals surface area contributed by atoms with E-state index >= 15 is 0 Å². The molecule has 0 N–H and O–H groups in total. The number of fused-ring (bicyclic) bond motifs is 5. The molecule has 21 heavy (non-hydrogen) atoms. The molecule has 1 fully saturated rings. The van der Waals surface area contributed by atoms with E-state index in [-0.39, 0.29) is 0 Å². The van der Waals surface area contributed by atoms with Crippen LogP contribution in [0.3, 0.4) is 0 Å². The van der Waals surface area contributed by atoms with Crippen molar-refractivity contribution in [1.29, 1.82) is 0 Å². The number of quaternary nitrogens is 1. The summed E-state index contributed by atoms with van der Waals surface area (Å²) < 4.78 is 0.581. The van der Waals surface area contributed by atoms with Gasteiger partial charge < -0.3 is 9.38 Å². The van der Waals surface area contributed by atoms with Gasteiger partial charge in [0.2, 0.25) is 7.05 Å². The zero-order valence-corrected chi connectivity index (χ0v) is 12.4. The quantitative estimate of drug-likeness (QED) is 0.689. The first kappa shape index (κ1) is 12.8. The Morgan fingerprint density at radius 1 is 1.19 bits per heavy atom. The van der Waals surface area contributed by atoms with E-state index in [1.54, 1.807) is 0 Å². The molecule has 2 atom stereocenters. The second-order valence-corrected chi connectivity index (χ2v) is 6.46. The van der Waals surface area contributed by atoms with Gasteiger partial charge in [-0.3, -0.25) is 0 Å². The van der Waals surface area contributed by atoms with E-state index < -0.39 is 0 Å². The Hall–Kier alpha value is -1.87. The van der Waals surface area contributed by atoms with Crippen LogP contribution in [-0.2, 0) is 6.42 Å². The molecular weight excluding hydrogens is 258 g/mol. The number of benzene rings is 1. The number of rotatable bonds is 0. The molecule has 0 aliphatic carbocycles. The van der Waals surface area contributed by atoms with E-state index in [0.717, 1.165) is 31.9 Å². The van der Waals surface area contributed by atoms with Crippen molar-refractivity contribution in [3.8, 4) is 0 Å². The van der Waals surface area contributed by atoms with Gasteiger partial charge in [0.15, 0.2) is 0 Å². The van der Waals surface area contributed by atoms with Gasteiger partial charge in [-0.15, -0.1) is 0 Å². The molecule has 2 unspecified atom stereocenters. The topological polar surface area (TPSA) is 16.1 Å². The van der Waals surface area contributed by atoms with Gasteiger partial charge in [0.25, 0.3) is 0 Å². The van der Waals surface area contributed by atoms with Crippen molar-refractivity contribution in [3.05, 3.63) is 66.3 Å².